The number of nitrogens with zero attached hydrogens (tertiary/aromatic N) is 1. The Morgan fingerprint density at radius 2 is 2.33 bits per heavy atom. The molecule has 1 aromatic rings. The number of morpholine rings is 1. The molecule has 1 heterocycles. The minimum Gasteiger partial charge on any atom is -0.492 e. The molecule has 1 aliphatic rings. The SMILES string of the molecule is CCNC(=O)C1COCCN1c1ccc(N)c(OCC)c1. The van der Waals surface area contributed by atoms with Crippen LogP contribution in [0.25, 0.3) is 0 Å². The molecule has 0 saturated carbocycles. The number of carbonyl (C=O) groups excluding carboxylic acids is 1. The molecule has 0 aromatic heterocycles. The van der Waals surface area contributed by atoms with Crippen molar-refractivity contribution in [2.45, 2.75) is 19.9 Å². The van der Waals surface area contributed by atoms with Gasteiger partial charge in [-0.3, -0.25) is 4.79 Å². The van der Waals surface area contributed by atoms with Crippen LogP contribution in [-0.4, -0.2) is 44.9 Å². The first-order valence-electron chi connectivity index (χ1n) is 7.31. The molecule has 3 N–H and O–H groups in total. The second-order valence-electron chi connectivity index (χ2n) is 4.83. The van der Waals surface area contributed by atoms with Crippen LogP contribution in [0.3, 0.4) is 0 Å². The zero-order valence-electron chi connectivity index (χ0n) is 12.6. The van der Waals surface area contributed by atoms with Crippen molar-refractivity contribution in [2.75, 3.05) is 43.5 Å². The number of hydrogen-bond donors (Lipinski definition) is 2. The Labute approximate surface area is 125 Å². The number of nitrogen functional groups attached to an aromatic ring is 1. The van der Waals surface area contributed by atoms with Crippen LogP contribution in [0.5, 0.6) is 5.75 Å². The van der Waals surface area contributed by atoms with Crippen molar-refractivity contribution in [2.24, 2.45) is 0 Å². The summed E-state index contributed by atoms with van der Waals surface area (Å²) >= 11 is 0. The maximum atomic E-state index is 12.2. The van der Waals surface area contributed by atoms with Gasteiger partial charge in [0.25, 0.3) is 0 Å². The Morgan fingerprint density at radius 1 is 1.52 bits per heavy atom. The first-order chi connectivity index (χ1) is 10.2. The molecule has 2 rings (SSSR count). The summed E-state index contributed by atoms with van der Waals surface area (Å²) in [6, 6.07) is 5.29. The Hall–Kier alpha value is -1.95. The van der Waals surface area contributed by atoms with E-state index in [1.807, 2.05) is 36.9 Å². The molecule has 0 aliphatic carbocycles. The van der Waals surface area contributed by atoms with Crippen molar-refractivity contribution >= 4 is 17.3 Å². The lowest BCUT2D eigenvalue weighted by molar-refractivity contribution is -0.124. The number of anilines is 2. The van der Waals surface area contributed by atoms with Gasteiger partial charge in [-0.25, -0.2) is 0 Å². The topological polar surface area (TPSA) is 76.8 Å². The highest BCUT2D eigenvalue weighted by Gasteiger charge is 2.29. The number of benzene rings is 1. The predicted octanol–water partition coefficient (Wildman–Crippen LogP) is 1.01. The molecule has 1 fully saturated rings. The van der Waals surface area contributed by atoms with Crippen molar-refractivity contribution in [1.82, 2.24) is 5.32 Å². The van der Waals surface area contributed by atoms with Crippen LogP contribution in [0, 0.1) is 0 Å². The molecular formula is C15H23N3O3. The molecule has 1 aromatic carbocycles. The Kier molecular flexibility index (Phi) is 5.27. The smallest absolute Gasteiger partial charge is 0.245 e. The molecule has 1 amide bonds. The number of hydrogen-bond acceptors (Lipinski definition) is 5. The zero-order chi connectivity index (χ0) is 15.2. The van der Waals surface area contributed by atoms with Crippen molar-refractivity contribution in [1.29, 1.82) is 0 Å². The average Bonchev–Trinajstić information content (AvgIpc) is 2.50. The lowest BCUT2D eigenvalue weighted by Crippen LogP contribution is -2.54. The highest BCUT2D eigenvalue weighted by Crippen LogP contribution is 2.29. The van der Waals surface area contributed by atoms with E-state index in [-0.39, 0.29) is 11.9 Å². The third kappa shape index (κ3) is 3.58. The number of carbonyl (C=O) groups is 1. The quantitative estimate of drug-likeness (QED) is 0.792. The van der Waals surface area contributed by atoms with Crippen LogP contribution >= 0.6 is 0 Å². The van der Waals surface area contributed by atoms with Gasteiger partial charge in [0.05, 0.1) is 25.5 Å². The van der Waals surface area contributed by atoms with E-state index in [4.69, 9.17) is 15.2 Å². The minimum absolute atomic E-state index is 0.0213. The van der Waals surface area contributed by atoms with Gasteiger partial charge in [-0.15, -0.1) is 0 Å². The number of likely N-dealkylation sites (N-methyl/N-ethyl adjacent to an activating group) is 1. The van der Waals surface area contributed by atoms with Gasteiger partial charge in [0, 0.05) is 24.8 Å². The number of rotatable bonds is 5. The van der Waals surface area contributed by atoms with E-state index >= 15 is 0 Å². The van der Waals surface area contributed by atoms with Crippen LogP contribution in [0.4, 0.5) is 11.4 Å². The molecule has 0 spiro atoms. The van der Waals surface area contributed by atoms with Crippen molar-refractivity contribution in [3.63, 3.8) is 0 Å². The van der Waals surface area contributed by atoms with Crippen LogP contribution in [0.2, 0.25) is 0 Å². The molecule has 0 bridgehead atoms. The van der Waals surface area contributed by atoms with Gasteiger partial charge in [-0.05, 0) is 26.0 Å². The summed E-state index contributed by atoms with van der Waals surface area (Å²) in [5, 5.41) is 2.85. The van der Waals surface area contributed by atoms with E-state index < -0.39 is 0 Å². The third-order valence-corrected chi connectivity index (χ3v) is 3.41. The molecule has 6 heteroatoms. The van der Waals surface area contributed by atoms with Crippen LogP contribution in [0.15, 0.2) is 18.2 Å². The van der Waals surface area contributed by atoms with Gasteiger partial charge in [0.1, 0.15) is 11.8 Å². The summed E-state index contributed by atoms with van der Waals surface area (Å²) in [5.41, 5.74) is 7.42. The molecule has 21 heavy (non-hydrogen) atoms. The predicted molar refractivity (Wildman–Crippen MR) is 82.7 cm³/mol. The maximum Gasteiger partial charge on any atom is 0.245 e. The molecule has 1 saturated heterocycles. The Bertz CT molecular complexity index is 493. The van der Waals surface area contributed by atoms with E-state index in [1.165, 1.54) is 0 Å². The summed E-state index contributed by atoms with van der Waals surface area (Å²) < 4.78 is 11.0. The second kappa shape index (κ2) is 7.17. The highest BCUT2D eigenvalue weighted by molar-refractivity contribution is 5.86. The fraction of sp³-hybridized carbons (Fsp3) is 0.533. The van der Waals surface area contributed by atoms with Gasteiger partial charge in [-0.2, -0.15) is 0 Å². The fourth-order valence-corrected chi connectivity index (χ4v) is 2.40. The fourth-order valence-electron chi connectivity index (χ4n) is 2.40. The van der Waals surface area contributed by atoms with Gasteiger partial charge >= 0.3 is 0 Å². The van der Waals surface area contributed by atoms with E-state index in [0.29, 0.717) is 44.3 Å². The summed E-state index contributed by atoms with van der Waals surface area (Å²) in [6.45, 7) is 6.63. The summed E-state index contributed by atoms with van der Waals surface area (Å²) in [5.74, 6) is 0.628. The van der Waals surface area contributed by atoms with Crippen LogP contribution < -0.4 is 20.7 Å². The lowest BCUT2D eigenvalue weighted by Gasteiger charge is -2.36. The molecule has 6 nitrogen and oxygen atoms in total. The van der Waals surface area contributed by atoms with Gasteiger partial charge in [0.15, 0.2) is 0 Å². The summed E-state index contributed by atoms with van der Waals surface area (Å²) in [7, 11) is 0. The van der Waals surface area contributed by atoms with Crippen LogP contribution in [-0.2, 0) is 9.53 Å². The standard InChI is InChI=1S/C15H23N3O3/c1-3-17-15(19)13-10-20-8-7-18(13)11-5-6-12(16)14(9-11)21-4-2/h5-6,9,13H,3-4,7-8,10,16H2,1-2H3,(H,17,19). The van der Waals surface area contributed by atoms with Crippen molar-refractivity contribution < 1.29 is 14.3 Å². The maximum absolute atomic E-state index is 12.2. The monoisotopic (exact) mass is 293 g/mol. The molecule has 1 unspecified atom stereocenters. The zero-order valence-corrected chi connectivity index (χ0v) is 12.6. The first kappa shape index (κ1) is 15.4. The largest absolute Gasteiger partial charge is 0.492 e. The van der Waals surface area contributed by atoms with Gasteiger partial charge in [0.2, 0.25) is 5.91 Å². The molecule has 116 valence electrons. The van der Waals surface area contributed by atoms with Crippen LogP contribution in [0.1, 0.15) is 13.8 Å². The number of ether oxygens (including phenoxy) is 2. The van der Waals surface area contributed by atoms with E-state index in [0.717, 1.165) is 5.69 Å². The number of nitrogens with two attached hydrogens (primary N) is 1. The van der Waals surface area contributed by atoms with E-state index in [2.05, 4.69) is 5.32 Å². The van der Waals surface area contributed by atoms with Gasteiger partial charge in [-0.1, -0.05) is 0 Å². The molecular weight excluding hydrogens is 270 g/mol. The van der Waals surface area contributed by atoms with E-state index in [9.17, 15) is 4.79 Å². The summed E-state index contributed by atoms with van der Waals surface area (Å²) in [6.07, 6.45) is 0. The molecule has 1 aliphatic heterocycles. The lowest BCUT2D eigenvalue weighted by atomic mass is 10.1. The summed E-state index contributed by atoms with van der Waals surface area (Å²) in [4.78, 5) is 14.2. The Balaban J connectivity index is 2.24. The normalized spacial score (nSPS) is 18.4. The second-order valence-corrected chi connectivity index (χ2v) is 4.83. The minimum atomic E-state index is -0.322. The first-order valence-corrected chi connectivity index (χ1v) is 7.31. The molecule has 1 atom stereocenters. The Morgan fingerprint density at radius 3 is 3.05 bits per heavy atom. The van der Waals surface area contributed by atoms with Gasteiger partial charge < -0.3 is 25.4 Å². The number of nitrogens with one attached hydrogen (secondary N) is 1. The third-order valence-electron chi connectivity index (χ3n) is 3.41. The number of amides is 1. The average molecular weight is 293 g/mol. The highest BCUT2D eigenvalue weighted by atomic mass is 16.5. The van der Waals surface area contributed by atoms with E-state index in [1.54, 1.807) is 0 Å². The van der Waals surface area contributed by atoms with Crippen molar-refractivity contribution in [3.8, 4) is 5.75 Å². The molecule has 0 radical (unpaired) electrons. The van der Waals surface area contributed by atoms with Crippen molar-refractivity contribution in [3.05, 3.63) is 18.2 Å².